The maximum absolute atomic E-state index is 14.5. The first-order chi connectivity index (χ1) is 16.8. The molecule has 36 heavy (non-hydrogen) atoms. The van der Waals surface area contributed by atoms with Gasteiger partial charge >= 0.3 is 8.46 Å². The second-order valence-electron chi connectivity index (χ2n) is 11.2. The Labute approximate surface area is 218 Å². The molecule has 0 heterocycles. The van der Waals surface area contributed by atoms with Gasteiger partial charge in [-0.2, -0.15) is 0 Å². The molecule has 0 radical (unpaired) electrons. The van der Waals surface area contributed by atoms with Crippen molar-refractivity contribution in [1.29, 1.82) is 0 Å². The molecule has 3 unspecified atom stereocenters. The van der Waals surface area contributed by atoms with E-state index >= 15 is 0 Å². The lowest BCUT2D eigenvalue weighted by molar-refractivity contribution is 0.0785. The van der Waals surface area contributed by atoms with Crippen molar-refractivity contribution in [2.45, 2.75) is 74.9 Å². The molecule has 0 saturated heterocycles. The van der Waals surface area contributed by atoms with E-state index in [0.717, 1.165) is 39.0 Å². The van der Waals surface area contributed by atoms with E-state index in [9.17, 15) is 14.2 Å². The maximum atomic E-state index is 14.5. The van der Waals surface area contributed by atoms with Gasteiger partial charge in [-0.15, -0.1) is 0 Å². The Balaban J connectivity index is 2.33. The second kappa shape index (κ2) is 10.4. The maximum Gasteiger partial charge on any atom is 0.334 e. The Morgan fingerprint density at radius 3 is 1.61 bits per heavy atom. The molecule has 0 N–H and O–H groups in total. The minimum absolute atomic E-state index is 0.0493. The van der Waals surface area contributed by atoms with Crippen molar-refractivity contribution in [1.82, 2.24) is 0 Å². The van der Waals surface area contributed by atoms with E-state index in [4.69, 9.17) is 0 Å². The van der Waals surface area contributed by atoms with Crippen LogP contribution < -0.4 is 0 Å². The monoisotopic (exact) mass is 503 g/mol. The third-order valence-corrected chi connectivity index (χ3v) is 8.76. The van der Waals surface area contributed by atoms with Crippen LogP contribution in [0.4, 0.5) is 0 Å². The largest absolute Gasteiger partial charge is 0.334 e. The number of rotatable bonds is 7. The molecule has 2 aromatic carbocycles. The van der Waals surface area contributed by atoms with E-state index < -0.39 is 19.5 Å². The number of benzene rings is 2. The zero-order chi connectivity index (χ0) is 27.1. The van der Waals surface area contributed by atoms with Gasteiger partial charge in [0.15, 0.2) is 17.2 Å². The molecule has 0 spiro atoms. The number of aryl methyl sites for hydroxylation is 6. The van der Waals surface area contributed by atoms with E-state index in [-0.39, 0.29) is 23.4 Å². The quantitative estimate of drug-likeness (QED) is 0.283. The summed E-state index contributed by atoms with van der Waals surface area (Å²) >= 11 is 0. The molecule has 1 aliphatic carbocycles. The van der Waals surface area contributed by atoms with Gasteiger partial charge in [0.25, 0.3) is 0 Å². The van der Waals surface area contributed by atoms with Gasteiger partial charge in [-0.05, 0) is 81.2 Å². The number of ketones is 2. The van der Waals surface area contributed by atoms with Crippen molar-refractivity contribution in [3.63, 3.8) is 0 Å². The summed E-state index contributed by atoms with van der Waals surface area (Å²) in [5.74, 6) is -0.276. The highest BCUT2D eigenvalue weighted by Crippen LogP contribution is 2.51. The fraction of sp³-hybridized carbons (Fsp3) is 0.438. The first-order valence-electron chi connectivity index (χ1n) is 12.8. The Hall–Kier alpha value is -2.64. The van der Waals surface area contributed by atoms with E-state index in [1.165, 1.54) is 0 Å². The third kappa shape index (κ3) is 4.59. The Morgan fingerprint density at radius 1 is 0.778 bits per heavy atom. The van der Waals surface area contributed by atoms with Crippen LogP contribution in [-0.2, 0) is 4.57 Å². The van der Waals surface area contributed by atoms with Gasteiger partial charge in [0.1, 0.15) is 5.41 Å². The van der Waals surface area contributed by atoms with E-state index in [1.807, 2.05) is 106 Å². The van der Waals surface area contributed by atoms with Crippen molar-refractivity contribution < 1.29 is 14.2 Å². The average molecular weight is 504 g/mol. The molecule has 4 heteroatoms. The van der Waals surface area contributed by atoms with Gasteiger partial charge in [-0.25, -0.2) is 0 Å². The lowest BCUT2D eigenvalue weighted by Gasteiger charge is -2.39. The minimum atomic E-state index is -1.08. The zero-order valence-electron chi connectivity index (χ0n) is 23.4. The molecular weight excluding hydrogens is 463 g/mol. The smallest absolute Gasteiger partial charge is 0.293 e. The molecule has 0 fully saturated rings. The summed E-state index contributed by atoms with van der Waals surface area (Å²) in [7, 11) is -0.833. The predicted octanol–water partition coefficient (Wildman–Crippen LogP) is 8.16. The van der Waals surface area contributed by atoms with Crippen LogP contribution in [0.5, 0.6) is 0 Å². The van der Waals surface area contributed by atoms with Gasteiger partial charge in [0, 0.05) is 11.1 Å². The van der Waals surface area contributed by atoms with Crippen molar-refractivity contribution in [3.8, 4) is 0 Å². The molecule has 3 rings (SSSR count). The summed E-state index contributed by atoms with van der Waals surface area (Å²) in [6.45, 7) is 20.0. The normalized spacial score (nSPS) is 20.1. The average Bonchev–Trinajstić information content (AvgIpc) is 2.75. The van der Waals surface area contributed by atoms with Crippen molar-refractivity contribution in [3.05, 3.63) is 92.1 Å². The van der Waals surface area contributed by atoms with Crippen LogP contribution in [0.25, 0.3) is 0 Å². The third-order valence-electron chi connectivity index (χ3n) is 7.76. The van der Waals surface area contributed by atoms with Gasteiger partial charge < -0.3 is 0 Å². The zero-order valence-corrected chi connectivity index (χ0v) is 24.4. The topological polar surface area (TPSA) is 51.2 Å². The SMILES string of the molecule is Cc1cc(C)c(C(=O)C2=C(C(C)C)C=CC(C(=O)c3c(C)cc(C)cc3C)(C(C)C)C2[PH+]=O)c(C)c1. The van der Waals surface area contributed by atoms with Gasteiger partial charge in [-0.3, -0.25) is 9.59 Å². The van der Waals surface area contributed by atoms with Gasteiger partial charge in [-0.1, -0.05) is 79.8 Å². The highest BCUT2D eigenvalue weighted by molar-refractivity contribution is 7.25. The number of carbonyl (C=O) groups excluding carboxylic acids is 2. The molecule has 2 aromatic rings. The summed E-state index contributed by atoms with van der Waals surface area (Å²) in [6.07, 6.45) is 3.92. The van der Waals surface area contributed by atoms with Crippen molar-refractivity contribution in [2.24, 2.45) is 17.3 Å². The van der Waals surface area contributed by atoms with Crippen LogP contribution in [0.2, 0.25) is 0 Å². The summed E-state index contributed by atoms with van der Waals surface area (Å²) in [5, 5.41) is 0. The lowest BCUT2D eigenvalue weighted by Crippen LogP contribution is -2.47. The Bertz CT molecular complexity index is 1260. The first-order valence-corrected chi connectivity index (χ1v) is 13.8. The van der Waals surface area contributed by atoms with Gasteiger partial charge in [0.2, 0.25) is 0 Å². The molecule has 3 nitrogen and oxygen atoms in total. The van der Waals surface area contributed by atoms with Crippen molar-refractivity contribution >= 4 is 20.0 Å². The molecular formula is C32H40O3P+. The fourth-order valence-electron chi connectivity index (χ4n) is 6.16. The van der Waals surface area contributed by atoms with Crippen molar-refractivity contribution in [2.75, 3.05) is 0 Å². The van der Waals surface area contributed by atoms with Crippen LogP contribution in [-0.4, -0.2) is 17.2 Å². The summed E-state index contributed by atoms with van der Waals surface area (Å²) in [5.41, 5.74) is 6.75. The molecule has 0 amide bonds. The van der Waals surface area contributed by atoms with Crippen LogP contribution in [0.1, 0.15) is 81.8 Å². The molecule has 0 aliphatic heterocycles. The molecule has 190 valence electrons. The number of allylic oxidation sites excluding steroid dienone is 4. The van der Waals surface area contributed by atoms with E-state index in [2.05, 4.69) is 0 Å². The fourth-order valence-corrected chi connectivity index (χ4v) is 7.33. The summed E-state index contributed by atoms with van der Waals surface area (Å²) in [4.78, 5) is 28.9. The predicted molar refractivity (Wildman–Crippen MR) is 151 cm³/mol. The summed E-state index contributed by atoms with van der Waals surface area (Å²) < 4.78 is 13.2. The van der Waals surface area contributed by atoms with Crippen LogP contribution in [0.3, 0.4) is 0 Å². The highest BCUT2D eigenvalue weighted by Gasteiger charge is 2.57. The van der Waals surface area contributed by atoms with E-state index in [0.29, 0.717) is 16.7 Å². The molecule has 1 aliphatic rings. The lowest BCUT2D eigenvalue weighted by atomic mass is 9.62. The summed E-state index contributed by atoms with van der Waals surface area (Å²) in [6, 6.07) is 8.08. The molecule has 0 bridgehead atoms. The highest BCUT2D eigenvalue weighted by atomic mass is 31.1. The van der Waals surface area contributed by atoms with Crippen LogP contribution >= 0.6 is 8.46 Å². The molecule has 0 aromatic heterocycles. The number of hydrogen-bond acceptors (Lipinski definition) is 3. The van der Waals surface area contributed by atoms with Gasteiger partial charge in [0.05, 0.1) is 5.57 Å². The Kier molecular flexibility index (Phi) is 8.06. The number of carbonyl (C=O) groups is 2. The van der Waals surface area contributed by atoms with Crippen LogP contribution in [0.15, 0.2) is 47.6 Å². The minimum Gasteiger partial charge on any atom is -0.293 e. The standard InChI is InChI=1S/C32H39O3P/c1-17(2)25-11-12-32(18(3)4,30(34)27-23(9)15-20(6)16-24(27)10)31(36-35)28(25)29(33)26-21(7)13-19(5)14-22(26)8/h11-18,31H,1-10H3/p+1. The number of Topliss-reactive ketones (excluding diaryl/α,β-unsaturated/α-hetero) is 2. The number of hydrogen-bond donors (Lipinski definition) is 0. The van der Waals surface area contributed by atoms with Crippen LogP contribution in [0, 0.1) is 58.8 Å². The first kappa shape index (κ1) is 27.9. The molecule has 3 atom stereocenters. The molecule has 0 saturated carbocycles. The Morgan fingerprint density at radius 2 is 1.22 bits per heavy atom. The van der Waals surface area contributed by atoms with E-state index in [1.54, 1.807) is 0 Å². The second-order valence-corrected chi connectivity index (χ2v) is 12.0.